The average Bonchev–Trinajstić information content (AvgIpc) is 3.15. The van der Waals surface area contributed by atoms with Crippen LogP contribution in [0.25, 0.3) is 0 Å². The molecule has 1 aromatic rings. The van der Waals surface area contributed by atoms with E-state index in [0.717, 1.165) is 30.2 Å². The molecule has 0 radical (unpaired) electrons. The molecule has 0 spiro atoms. The summed E-state index contributed by atoms with van der Waals surface area (Å²) < 4.78 is 0. The Morgan fingerprint density at radius 3 is 2.56 bits per heavy atom. The molecule has 0 unspecified atom stereocenters. The third-order valence-electron chi connectivity index (χ3n) is 3.74. The Morgan fingerprint density at radius 1 is 1.33 bits per heavy atom. The summed E-state index contributed by atoms with van der Waals surface area (Å²) in [4.78, 5) is 9.00. The Kier molecular flexibility index (Phi) is 3.81. The standard InChI is InChI=1S/C14H22ClN3/c1-5-14(3,4)8-16-12-9(2)11(15)17-13(18-12)10-6-7-10/h10H,5-8H2,1-4H3,(H,16,17,18). The van der Waals surface area contributed by atoms with Crippen LogP contribution in [0.15, 0.2) is 0 Å². The van der Waals surface area contributed by atoms with Gasteiger partial charge in [0.05, 0.1) is 0 Å². The van der Waals surface area contributed by atoms with E-state index in [1.807, 2.05) is 6.92 Å². The Morgan fingerprint density at radius 2 is 2.00 bits per heavy atom. The lowest BCUT2D eigenvalue weighted by molar-refractivity contribution is 0.376. The van der Waals surface area contributed by atoms with Crippen molar-refractivity contribution in [3.8, 4) is 0 Å². The maximum absolute atomic E-state index is 6.18. The summed E-state index contributed by atoms with van der Waals surface area (Å²) in [5.74, 6) is 2.34. The maximum Gasteiger partial charge on any atom is 0.137 e. The van der Waals surface area contributed by atoms with E-state index in [-0.39, 0.29) is 5.41 Å². The molecule has 0 aromatic carbocycles. The van der Waals surface area contributed by atoms with Crippen LogP contribution in [0.2, 0.25) is 5.15 Å². The van der Waals surface area contributed by atoms with E-state index in [9.17, 15) is 0 Å². The molecule has 0 aliphatic heterocycles. The monoisotopic (exact) mass is 267 g/mol. The van der Waals surface area contributed by atoms with E-state index in [1.54, 1.807) is 0 Å². The average molecular weight is 268 g/mol. The molecule has 0 saturated heterocycles. The molecule has 18 heavy (non-hydrogen) atoms. The summed E-state index contributed by atoms with van der Waals surface area (Å²) in [5.41, 5.74) is 1.22. The van der Waals surface area contributed by atoms with Gasteiger partial charge in [-0.15, -0.1) is 0 Å². The van der Waals surface area contributed by atoms with Gasteiger partial charge >= 0.3 is 0 Å². The van der Waals surface area contributed by atoms with Crippen molar-refractivity contribution in [2.75, 3.05) is 11.9 Å². The minimum atomic E-state index is 0.267. The van der Waals surface area contributed by atoms with Gasteiger partial charge in [-0.2, -0.15) is 0 Å². The molecule has 0 amide bonds. The first-order chi connectivity index (χ1) is 8.43. The highest BCUT2D eigenvalue weighted by Crippen LogP contribution is 2.39. The molecule has 3 nitrogen and oxygen atoms in total. The van der Waals surface area contributed by atoms with Crippen LogP contribution in [0.5, 0.6) is 0 Å². The van der Waals surface area contributed by atoms with Gasteiger partial charge in [-0.25, -0.2) is 9.97 Å². The van der Waals surface area contributed by atoms with E-state index >= 15 is 0 Å². The summed E-state index contributed by atoms with van der Waals surface area (Å²) in [6.45, 7) is 9.58. The minimum Gasteiger partial charge on any atom is -0.369 e. The zero-order chi connectivity index (χ0) is 13.3. The second-order valence-electron chi connectivity index (χ2n) is 5.99. The van der Waals surface area contributed by atoms with E-state index < -0.39 is 0 Å². The summed E-state index contributed by atoms with van der Waals surface area (Å²) in [6.07, 6.45) is 3.52. The van der Waals surface area contributed by atoms with Crippen LogP contribution >= 0.6 is 11.6 Å². The minimum absolute atomic E-state index is 0.267. The van der Waals surface area contributed by atoms with Crippen molar-refractivity contribution in [1.82, 2.24) is 9.97 Å². The molecule has 0 atom stereocenters. The van der Waals surface area contributed by atoms with Crippen LogP contribution in [0.4, 0.5) is 5.82 Å². The van der Waals surface area contributed by atoms with Crippen LogP contribution < -0.4 is 5.32 Å². The summed E-state index contributed by atoms with van der Waals surface area (Å²) in [7, 11) is 0. The van der Waals surface area contributed by atoms with Gasteiger partial charge in [-0.3, -0.25) is 0 Å². The summed E-state index contributed by atoms with van der Waals surface area (Å²) >= 11 is 6.18. The van der Waals surface area contributed by atoms with Gasteiger partial charge in [-0.05, 0) is 31.6 Å². The van der Waals surface area contributed by atoms with Gasteiger partial charge in [0.1, 0.15) is 16.8 Å². The lowest BCUT2D eigenvalue weighted by Crippen LogP contribution is -2.23. The molecule has 1 aromatic heterocycles. The molecule has 1 aliphatic rings. The number of hydrogen-bond acceptors (Lipinski definition) is 3. The van der Waals surface area contributed by atoms with Crippen molar-refractivity contribution in [3.63, 3.8) is 0 Å². The second-order valence-corrected chi connectivity index (χ2v) is 6.35. The quantitative estimate of drug-likeness (QED) is 0.814. The van der Waals surface area contributed by atoms with Crippen molar-refractivity contribution in [1.29, 1.82) is 0 Å². The molecule has 4 heteroatoms. The zero-order valence-corrected chi connectivity index (χ0v) is 12.4. The van der Waals surface area contributed by atoms with Crippen LogP contribution in [0.3, 0.4) is 0 Å². The Bertz CT molecular complexity index is 439. The van der Waals surface area contributed by atoms with Crippen molar-refractivity contribution in [3.05, 3.63) is 16.5 Å². The van der Waals surface area contributed by atoms with E-state index in [0.29, 0.717) is 11.1 Å². The van der Waals surface area contributed by atoms with Crippen molar-refractivity contribution < 1.29 is 0 Å². The smallest absolute Gasteiger partial charge is 0.137 e. The molecular formula is C14H22ClN3. The molecule has 1 heterocycles. The summed E-state index contributed by atoms with van der Waals surface area (Å²) in [5, 5.41) is 4.02. The van der Waals surface area contributed by atoms with E-state index in [1.165, 1.54) is 12.8 Å². The van der Waals surface area contributed by atoms with Gasteiger partial charge in [0.25, 0.3) is 0 Å². The predicted molar refractivity (Wildman–Crippen MR) is 76.3 cm³/mol. The Hall–Kier alpha value is -0.830. The molecule has 1 saturated carbocycles. The lowest BCUT2D eigenvalue weighted by Gasteiger charge is -2.24. The highest BCUT2D eigenvalue weighted by molar-refractivity contribution is 6.30. The van der Waals surface area contributed by atoms with E-state index in [2.05, 4.69) is 36.1 Å². The predicted octanol–water partition coefficient (Wildman–Crippen LogP) is 4.16. The molecule has 1 fully saturated rings. The molecule has 0 bridgehead atoms. The fraction of sp³-hybridized carbons (Fsp3) is 0.714. The number of halogens is 1. The Labute approximate surface area is 114 Å². The fourth-order valence-corrected chi connectivity index (χ4v) is 1.83. The van der Waals surface area contributed by atoms with Gasteiger partial charge in [-0.1, -0.05) is 32.4 Å². The topological polar surface area (TPSA) is 37.8 Å². The number of rotatable bonds is 5. The Balaban J connectivity index is 2.16. The van der Waals surface area contributed by atoms with Gasteiger partial charge in [0, 0.05) is 18.0 Å². The molecular weight excluding hydrogens is 246 g/mol. The first kappa shape index (κ1) is 13.6. The molecule has 1 N–H and O–H groups in total. The number of aromatic nitrogens is 2. The first-order valence-corrected chi connectivity index (χ1v) is 7.08. The number of nitrogens with one attached hydrogen (secondary N) is 1. The number of anilines is 1. The van der Waals surface area contributed by atoms with Crippen LogP contribution in [-0.2, 0) is 0 Å². The third kappa shape index (κ3) is 3.14. The van der Waals surface area contributed by atoms with Crippen molar-refractivity contribution in [2.45, 2.75) is 52.9 Å². The molecule has 1 aliphatic carbocycles. The molecule has 100 valence electrons. The molecule has 2 rings (SSSR count). The summed E-state index contributed by atoms with van der Waals surface area (Å²) in [6, 6.07) is 0. The van der Waals surface area contributed by atoms with E-state index in [4.69, 9.17) is 11.6 Å². The first-order valence-electron chi connectivity index (χ1n) is 6.71. The van der Waals surface area contributed by atoms with Crippen LogP contribution in [-0.4, -0.2) is 16.5 Å². The number of nitrogens with zero attached hydrogens (tertiary/aromatic N) is 2. The second kappa shape index (κ2) is 5.04. The lowest BCUT2D eigenvalue weighted by atomic mass is 9.90. The fourth-order valence-electron chi connectivity index (χ4n) is 1.65. The van der Waals surface area contributed by atoms with Crippen molar-refractivity contribution in [2.24, 2.45) is 5.41 Å². The van der Waals surface area contributed by atoms with Gasteiger partial charge in [0.2, 0.25) is 0 Å². The zero-order valence-electron chi connectivity index (χ0n) is 11.7. The maximum atomic E-state index is 6.18. The van der Waals surface area contributed by atoms with Crippen LogP contribution in [0.1, 0.15) is 57.3 Å². The van der Waals surface area contributed by atoms with Crippen molar-refractivity contribution >= 4 is 17.4 Å². The van der Waals surface area contributed by atoms with Crippen LogP contribution in [0, 0.1) is 12.3 Å². The largest absolute Gasteiger partial charge is 0.369 e. The normalized spacial score (nSPS) is 15.8. The highest BCUT2D eigenvalue weighted by atomic mass is 35.5. The highest BCUT2D eigenvalue weighted by Gasteiger charge is 2.28. The van der Waals surface area contributed by atoms with Gasteiger partial charge in [0.15, 0.2) is 0 Å². The SMILES string of the molecule is CCC(C)(C)CNc1nc(C2CC2)nc(Cl)c1C. The number of hydrogen-bond donors (Lipinski definition) is 1. The third-order valence-corrected chi connectivity index (χ3v) is 4.11. The van der Waals surface area contributed by atoms with Gasteiger partial charge < -0.3 is 5.32 Å².